The van der Waals surface area contributed by atoms with Crippen LogP contribution >= 0.6 is 11.3 Å². The Morgan fingerprint density at radius 2 is 2.12 bits per heavy atom. The fourth-order valence-corrected chi connectivity index (χ4v) is 2.96. The number of thiophene rings is 1. The van der Waals surface area contributed by atoms with E-state index < -0.39 is 0 Å². The van der Waals surface area contributed by atoms with Gasteiger partial charge in [-0.2, -0.15) is 0 Å². The summed E-state index contributed by atoms with van der Waals surface area (Å²) in [6, 6.07) is 8.70. The van der Waals surface area contributed by atoms with Gasteiger partial charge in [0.2, 0.25) is 0 Å². The van der Waals surface area contributed by atoms with Gasteiger partial charge < -0.3 is 5.32 Å². The molecule has 3 rings (SSSR count). The van der Waals surface area contributed by atoms with Crippen molar-refractivity contribution in [3.8, 4) is 0 Å². The van der Waals surface area contributed by atoms with Crippen LogP contribution in [0.4, 0.5) is 5.69 Å². The normalized spacial score (nSPS) is 16.6. The number of hydrogen-bond acceptors (Lipinski definition) is 3. The van der Waals surface area contributed by atoms with Crippen LogP contribution in [-0.2, 0) is 0 Å². The van der Waals surface area contributed by atoms with Crippen LogP contribution in [0.1, 0.15) is 25.7 Å². The number of benzene rings is 1. The van der Waals surface area contributed by atoms with E-state index in [-0.39, 0.29) is 0 Å². The van der Waals surface area contributed by atoms with Crippen molar-refractivity contribution < 1.29 is 0 Å². The van der Waals surface area contributed by atoms with Gasteiger partial charge in [-0.3, -0.25) is 4.99 Å². The molecular formula is C14H16N2S. The van der Waals surface area contributed by atoms with Crippen LogP contribution in [0, 0.1) is 0 Å². The smallest absolute Gasteiger partial charge is 0.101 e. The highest BCUT2D eigenvalue weighted by Gasteiger charge is 2.05. The molecule has 1 aromatic carbocycles. The van der Waals surface area contributed by atoms with Crippen LogP contribution in [0.2, 0.25) is 0 Å². The monoisotopic (exact) mass is 244 g/mol. The van der Waals surface area contributed by atoms with E-state index in [1.165, 1.54) is 29.3 Å². The second kappa shape index (κ2) is 4.88. The Kier molecular flexibility index (Phi) is 3.10. The van der Waals surface area contributed by atoms with E-state index in [4.69, 9.17) is 0 Å². The lowest BCUT2D eigenvalue weighted by Gasteiger charge is -2.08. The average molecular weight is 244 g/mol. The number of anilines is 1. The number of fused-ring (bicyclic) bond motifs is 1. The summed E-state index contributed by atoms with van der Waals surface area (Å²) >= 11 is 1.79. The Hall–Kier alpha value is -1.35. The number of rotatable bonds is 1. The first-order valence-corrected chi connectivity index (χ1v) is 7.07. The van der Waals surface area contributed by atoms with Crippen molar-refractivity contribution in [3.05, 3.63) is 29.6 Å². The molecule has 0 amide bonds. The van der Waals surface area contributed by atoms with Crippen molar-refractivity contribution >= 4 is 32.9 Å². The minimum atomic E-state index is 0.975. The molecule has 0 fully saturated rings. The molecule has 0 saturated carbocycles. The van der Waals surface area contributed by atoms with Crippen molar-refractivity contribution in [2.75, 3.05) is 11.9 Å². The van der Waals surface area contributed by atoms with Crippen LogP contribution in [0.25, 0.3) is 10.1 Å². The molecule has 2 aromatic rings. The fourth-order valence-electron chi connectivity index (χ4n) is 2.19. The van der Waals surface area contributed by atoms with Gasteiger partial charge in [-0.15, -0.1) is 11.3 Å². The molecule has 2 nitrogen and oxygen atoms in total. The summed E-state index contributed by atoms with van der Waals surface area (Å²) in [5.41, 5.74) is 1.16. The summed E-state index contributed by atoms with van der Waals surface area (Å²) in [7, 11) is 0. The Morgan fingerprint density at radius 3 is 3.12 bits per heavy atom. The highest BCUT2D eigenvalue weighted by Crippen LogP contribution is 2.24. The van der Waals surface area contributed by atoms with E-state index >= 15 is 0 Å². The van der Waals surface area contributed by atoms with Crippen LogP contribution in [-0.4, -0.2) is 12.4 Å². The third-order valence-corrected chi connectivity index (χ3v) is 4.01. The Morgan fingerprint density at radius 1 is 1.12 bits per heavy atom. The molecular weight excluding hydrogens is 228 g/mol. The number of nitrogens with zero attached hydrogens (tertiary/aromatic N) is 1. The second-order valence-corrected chi connectivity index (χ2v) is 5.38. The van der Waals surface area contributed by atoms with Gasteiger partial charge in [0.05, 0.1) is 0 Å². The second-order valence-electron chi connectivity index (χ2n) is 4.44. The Bertz CT molecular complexity index is 542. The van der Waals surface area contributed by atoms with Crippen LogP contribution in [0.3, 0.4) is 0 Å². The first-order valence-electron chi connectivity index (χ1n) is 6.19. The van der Waals surface area contributed by atoms with Gasteiger partial charge in [0.1, 0.15) is 5.84 Å². The summed E-state index contributed by atoms with van der Waals surface area (Å²) in [6.45, 7) is 0.975. The molecule has 0 unspecified atom stereocenters. The minimum Gasteiger partial charge on any atom is -0.344 e. The molecule has 88 valence electrons. The highest BCUT2D eigenvalue weighted by molar-refractivity contribution is 7.17. The number of nitrogens with one attached hydrogen (secondary N) is 1. The standard InChI is InChI=1S/C14H16N2S/c1-2-4-14(15-8-3-1)16-12-5-6-13-11(10-12)7-9-17-13/h5-7,9-10H,1-4,8H2,(H,15,16). The maximum atomic E-state index is 4.59. The van der Waals surface area contributed by atoms with Crippen molar-refractivity contribution in [1.29, 1.82) is 0 Å². The van der Waals surface area contributed by atoms with Crippen LogP contribution in [0.5, 0.6) is 0 Å². The first kappa shape index (κ1) is 10.8. The van der Waals surface area contributed by atoms with Gasteiger partial charge in [-0.1, -0.05) is 6.42 Å². The maximum Gasteiger partial charge on any atom is 0.101 e. The first-order chi connectivity index (χ1) is 8.42. The van der Waals surface area contributed by atoms with Gasteiger partial charge in [-0.05, 0) is 47.9 Å². The van der Waals surface area contributed by atoms with Gasteiger partial charge in [0.15, 0.2) is 0 Å². The van der Waals surface area contributed by atoms with Crippen molar-refractivity contribution in [3.63, 3.8) is 0 Å². The van der Waals surface area contributed by atoms with E-state index in [1.54, 1.807) is 11.3 Å². The molecule has 0 aliphatic carbocycles. The van der Waals surface area contributed by atoms with Crippen molar-refractivity contribution in [2.24, 2.45) is 4.99 Å². The molecule has 2 heterocycles. The number of aliphatic imine (C=N–C) groups is 1. The zero-order chi connectivity index (χ0) is 11.5. The molecule has 0 bridgehead atoms. The zero-order valence-corrected chi connectivity index (χ0v) is 10.6. The molecule has 1 aliphatic heterocycles. The molecule has 0 radical (unpaired) electrons. The summed E-state index contributed by atoms with van der Waals surface area (Å²) in [5, 5.41) is 6.91. The highest BCUT2D eigenvalue weighted by atomic mass is 32.1. The third kappa shape index (κ3) is 2.50. The summed E-state index contributed by atoms with van der Waals surface area (Å²) in [5.74, 6) is 1.15. The number of hydrogen-bond donors (Lipinski definition) is 1. The number of amidine groups is 1. The van der Waals surface area contributed by atoms with Crippen molar-refractivity contribution in [2.45, 2.75) is 25.7 Å². The van der Waals surface area contributed by atoms with E-state index in [0.717, 1.165) is 24.5 Å². The molecule has 1 aromatic heterocycles. The van der Waals surface area contributed by atoms with E-state index in [1.807, 2.05) is 0 Å². The van der Waals surface area contributed by atoms with E-state index in [0.29, 0.717) is 0 Å². The lowest BCUT2D eigenvalue weighted by molar-refractivity contribution is 0.731. The van der Waals surface area contributed by atoms with Gasteiger partial charge in [-0.25, -0.2) is 0 Å². The third-order valence-electron chi connectivity index (χ3n) is 3.12. The molecule has 17 heavy (non-hydrogen) atoms. The van der Waals surface area contributed by atoms with E-state index in [2.05, 4.69) is 40.0 Å². The average Bonchev–Trinajstić information content (AvgIpc) is 2.65. The molecule has 0 saturated heterocycles. The fraction of sp³-hybridized carbons (Fsp3) is 0.357. The molecule has 3 heteroatoms. The van der Waals surface area contributed by atoms with Crippen LogP contribution in [0.15, 0.2) is 34.6 Å². The zero-order valence-electron chi connectivity index (χ0n) is 9.78. The predicted octanol–water partition coefficient (Wildman–Crippen LogP) is 4.29. The lowest BCUT2D eigenvalue weighted by atomic mass is 10.2. The van der Waals surface area contributed by atoms with Gasteiger partial charge in [0, 0.05) is 23.4 Å². The Labute approximate surface area is 105 Å². The summed E-state index contributed by atoms with van der Waals surface area (Å²) < 4.78 is 1.35. The SMILES string of the molecule is c1cc2cc(NC3=NCCCCC3)ccc2s1. The summed E-state index contributed by atoms with van der Waals surface area (Å²) in [6.07, 6.45) is 4.88. The van der Waals surface area contributed by atoms with E-state index in [9.17, 15) is 0 Å². The summed E-state index contributed by atoms with van der Waals surface area (Å²) in [4.78, 5) is 4.59. The van der Waals surface area contributed by atoms with Gasteiger partial charge >= 0.3 is 0 Å². The van der Waals surface area contributed by atoms with Crippen LogP contribution < -0.4 is 5.32 Å². The van der Waals surface area contributed by atoms with Gasteiger partial charge in [0.25, 0.3) is 0 Å². The minimum absolute atomic E-state index is 0.975. The Balaban J connectivity index is 1.81. The van der Waals surface area contributed by atoms with Crippen molar-refractivity contribution in [1.82, 2.24) is 0 Å². The molecule has 0 atom stereocenters. The molecule has 0 spiro atoms. The lowest BCUT2D eigenvalue weighted by Crippen LogP contribution is -2.11. The molecule has 1 N–H and O–H groups in total. The predicted molar refractivity (Wildman–Crippen MR) is 76.2 cm³/mol. The quantitative estimate of drug-likeness (QED) is 0.795. The topological polar surface area (TPSA) is 24.4 Å². The largest absolute Gasteiger partial charge is 0.344 e. The maximum absolute atomic E-state index is 4.59. The molecule has 1 aliphatic rings.